The normalized spacial score (nSPS) is 15.1. The van der Waals surface area contributed by atoms with E-state index in [2.05, 4.69) is 10.3 Å². The van der Waals surface area contributed by atoms with Crippen LogP contribution >= 0.6 is 0 Å². The molecule has 1 aromatic carbocycles. The molecule has 0 saturated carbocycles. The van der Waals surface area contributed by atoms with Gasteiger partial charge in [-0.2, -0.15) is 0 Å². The first-order chi connectivity index (χ1) is 11.6. The number of benzene rings is 1. The molecule has 0 fully saturated rings. The van der Waals surface area contributed by atoms with Crippen molar-refractivity contribution in [2.45, 2.75) is 38.5 Å². The predicted molar refractivity (Wildman–Crippen MR) is 90.3 cm³/mol. The third-order valence-corrected chi connectivity index (χ3v) is 4.11. The van der Waals surface area contributed by atoms with E-state index >= 15 is 0 Å². The molecule has 0 aliphatic heterocycles. The van der Waals surface area contributed by atoms with E-state index in [1.807, 2.05) is 42.7 Å². The number of carbonyl (C=O) groups excluding carboxylic acids is 1. The number of hydrogen-bond donors (Lipinski definition) is 2. The van der Waals surface area contributed by atoms with E-state index in [0.717, 1.165) is 11.0 Å². The van der Waals surface area contributed by atoms with Gasteiger partial charge in [0.25, 0.3) is 0 Å². The molecule has 0 bridgehead atoms. The number of carbonyl (C=O) groups is 1. The number of aliphatic hydroxyl groups is 1. The molecule has 2 N–H and O–H groups in total. The molecule has 24 heavy (non-hydrogen) atoms. The molecule has 0 spiro atoms. The van der Waals surface area contributed by atoms with Crippen LogP contribution < -0.4 is 5.32 Å². The monoisotopic (exact) mass is 327 g/mol. The topological polar surface area (TPSA) is 80.3 Å². The quantitative estimate of drug-likeness (QED) is 0.729. The fraction of sp³-hybridized carbons (Fsp3) is 0.333. The minimum Gasteiger partial charge on any atom is -0.467 e. The van der Waals surface area contributed by atoms with Crippen LogP contribution in [-0.4, -0.2) is 26.6 Å². The van der Waals surface area contributed by atoms with Crippen LogP contribution in [0.4, 0.5) is 0 Å². The van der Waals surface area contributed by atoms with Gasteiger partial charge in [-0.25, -0.2) is 4.98 Å². The Labute approximate surface area is 140 Å². The summed E-state index contributed by atoms with van der Waals surface area (Å²) in [5.41, 5.74) is 1.78. The predicted octanol–water partition coefficient (Wildman–Crippen LogP) is 2.82. The van der Waals surface area contributed by atoms with Gasteiger partial charge >= 0.3 is 0 Å². The fourth-order valence-corrected chi connectivity index (χ4v) is 2.77. The van der Waals surface area contributed by atoms with Crippen LogP contribution in [0.1, 0.15) is 38.2 Å². The lowest BCUT2D eigenvalue weighted by Gasteiger charge is -2.20. The largest absolute Gasteiger partial charge is 0.467 e. The van der Waals surface area contributed by atoms with Crippen LogP contribution in [0.15, 0.2) is 53.4 Å². The van der Waals surface area contributed by atoms with Gasteiger partial charge in [-0.05, 0) is 38.1 Å². The van der Waals surface area contributed by atoms with Crippen molar-refractivity contribution >= 4 is 16.9 Å². The number of aromatic nitrogens is 2. The van der Waals surface area contributed by atoms with E-state index < -0.39 is 6.10 Å². The van der Waals surface area contributed by atoms with Gasteiger partial charge in [-0.1, -0.05) is 12.1 Å². The molecule has 2 heterocycles. The Morgan fingerprint density at radius 1 is 1.29 bits per heavy atom. The summed E-state index contributed by atoms with van der Waals surface area (Å²) in [5.74, 6) is 0.391. The zero-order chi connectivity index (χ0) is 17.1. The Balaban J connectivity index is 1.63. The molecule has 3 atom stereocenters. The highest BCUT2D eigenvalue weighted by Gasteiger charge is 2.21. The van der Waals surface area contributed by atoms with Gasteiger partial charge in [-0.3, -0.25) is 4.79 Å². The van der Waals surface area contributed by atoms with E-state index in [-0.39, 0.29) is 18.0 Å². The fourth-order valence-electron chi connectivity index (χ4n) is 2.77. The molecule has 3 unspecified atom stereocenters. The molecular weight excluding hydrogens is 306 g/mol. The molecule has 3 rings (SSSR count). The average Bonchev–Trinajstić information content (AvgIpc) is 3.23. The van der Waals surface area contributed by atoms with Crippen molar-refractivity contribution in [3.8, 4) is 0 Å². The maximum absolute atomic E-state index is 12.5. The molecule has 6 nitrogen and oxygen atoms in total. The molecule has 0 aliphatic carbocycles. The first kappa shape index (κ1) is 16.3. The number of fused-ring (bicyclic) bond motifs is 1. The van der Waals surface area contributed by atoms with Crippen molar-refractivity contribution in [2.24, 2.45) is 0 Å². The number of rotatable bonds is 6. The Kier molecular flexibility index (Phi) is 4.66. The lowest BCUT2D eigenvalue weighted by molar-refractivity contribution is -0.124. The molecule has 0 aliphatic rings. The van der Waals surface area contributed by atoms with Crippen LogP contribution in [-0.2, 0) is 4.79 Å². The van der Waals surface area contributed by atoms with E-state index in [1.165, 1.54) is 6.26 Å². The molecule has 0 radical (unpaired) electrons. The lowest BCUT2D eigenvalue weighted by Crippen LogP contribution is -2.38. The third-order valence-electron chi connectivity index (χ3n) is 4.11. The van der Waals surface area contributed by atoms with E-state index in [9.17, 15) is 9.90 Å². The van der Waals surface area contributed by atoms with Crippen LogP contribution in [0.3, 0.4) is 0 Å². The SMILES string of the molecule is CC(CC(O)c1ccco1)NC(=O)C(C)n1cnc2ccccc21. The smallest absolute Gasteiger partial charge is 0.243 e. The number of amides is 1. The van der Waals surface area contributed by atoms with Crippen molar-refractivity contribution in [2.75, 3.05) is 0 Å². The highest BCUT2D eigenvalue weighted by Crippen LogP contribution is 2.20. The number of aliphatic hydroxyl groups excluding tert-OH is 1. The molecular formula is C18H21N3O3. The second-order valence-electron chi connectivity index (χ2n) is 5.99. The number of para-hydroxylation sites is 2. The zero-order valence-corrected chi connectivity index (χ0v) is 13.7. The Morgan fingerprint density at radius 3 is 2.83 bits per heavy atom. The number of imidazole rings is 1. The molecule has 6 heteroatoms. The van der Waals surface area contributed by atoms with Gasteiger partial charge in [-0.15, -0.1) is 0 Å². The summed E-state index contributed by atoms with van der Waals surface area (Å²) in [5, 5.41) is 13.0. The van der Waals surface area contributed by atoms with E-state index in [1.54, 1.807) is 18.5 Å². The first-order valence-electron chi connectivity index (χ1n) is 7.99. The van der Waals surface area contributed by atoms with Crippen LogP contribution in [0, 0.1) is 0 Å². The number of nitrogens with one attached hydrogen (secondary N) is 1. The van der Waals surface area contributed by atoms with Gasteiger partial charge < -0.3 is 19.4 Å². The van der Waals surface area contributed by atoms with Crippen molar-refractivity contribution < 1.29 is 14.3 Å². The molecule has 126 valence electrons. The standard InChI is InChI=1S/C18H21N3O3/c1-12(10-16(22)17-8-5-9-24-17)20-18(23)13(2)21-11-19-14-6-3-4-7-15(14)21/h3-9,11-13,16,22H,10H2,1-2H3,(H,20,23). The van der Waals surface area contributed by atoms with Crippen LogP contribution in [0.5, 0.6) is 0 Å². The summed E-state index contributed by atoms with van der Waals surface area (Å²) in [6, 6.07) is 10.6. The number of nitrogens with zero attached hydrogens (tertiary/aromatic N) is 2. The minimum atomic E-state index is -0.736. The van der Waals surface area contributed by atoms with Gasteiger partial charge in [0.15, 0.2) is 0 Å². The Hall–Kier alpha value is -2.60. The second kappa shape index (κ2) is 6.88. The summed E-state index contributed by atoms with van der Waals surface area (Å²) in [6.07, 6.45) is 2.85. The number of hydrogen-bond acceptors (Lipinski definition) is 4. The van der Waals surface area contributed by atoms with Crippen LogP contribution in [0.2, 0.25) is 0 Å². The zero-order valence-electron chi connectivity index (χ0n) is 13.7. The summed E-state index contributed by atoms with van der Waals surface area (Å²) in [4.78, 5) is 16.8. The average molecular weight is 327 g/mol. The molecule has 0 saturated heterocycles. The molecule has 1 amide bonds. The molecule has 3 aromatic rings. The van der Waals surface area contributed by atoms with Gasteiger partial charge in [0.05, 0.1) is 23.6 Å². The van der Waals surface area contributed by atoms with Crippen molar-refractivity contribution in [3.05, 3.63) is 54.7 Å². The summed E-state index contributed by atoms with van der Waals surface area (Å²) in [7, 11) is 0. The van der Waals surface area contributed by atoms with E-state index in [0.29, 0.717) is 12.2 Å². The molecule has 2 aromatic heterocycles. The van der Waals surface area contributed by atoms with Crippen molar-refractivity contribution in [1.29, 1.82) is 0 Å². The minimum absolute atomic E-state index is 0.114. The highest BCUT2D eigenvalue weighted by molar-refractivity contribution is 5.83. The van der Waals surface area contributed by atoms with Crippen molar-refractivity contribution in [3.63, 3.8) is 0 Å². The second-order valence-corrected chi connectivity index (χ2v) is 5.99. The maximum Gasteiger partial charge on any atom is 0.243 e. The van der Waals surface area contributed by atoms with Gasteiger partial charge in [0.1, 0.15) is 17.9 Å². The lowest BCUT2D eigenvalue weighted by atomic mass is 10.1. The highest BCUT2D eigenvalue weighted by atomic mass is 16.4. The summed E-state index contributed by atoms with van der Waals surface area (Å²) >= 11 is 0. The van der Waals surface area contributed by atoms with E-state index in [4.69, 9.17) is 4.42 Å². The van der Waals surface area contributed by atoms with Gasteiger partial charge in [0, 0.05) is 12.5 Å². The maximum atomic E-state index is 12.5. The first-order valence-corrected chi connectivity index (χ1v) is 7.99. The van der Waals surface area contributed by atoms with Crippen molar-refractivity contribution in [1.82, 2.24) is 14.9 Å². The third kappa shape index (κ3) is 3.33. The van der Waals surface area contributed by atoms with Crippen LogP contribution in [0.25, 0.3) is 11.0 Å². The van der Waals surface area contributed by atoms with Gasteiger partial charge in [0.2, 0.25) is 5.91 Å². The Morgan fingerprint density at radius 2 is 2.08 bits per heavy atom. The Bertz CT molecular complexity index is 810. The summed E-state index contributed by atoms with van der Waals surface area (Å²) < 4.78 is 7.03. The number of furan rings is 1. The summed E-state index contributed by atoms with van der Waals surface area (Å²) in [6.45, 7) is 3.70.